The van der Waals surface area contributed by atoms with E-state index in [1.54, 1.807) is 0 Å². The number of benzene rings is 2. The SMILES string of the molecule is O=S(=O)([O-])c1ccc2cccc(S(=O)(=O)[O-])c2c1. The molecule has 8 heteroatoms. The van der Waals surface area contributed by atoms with Crippen LogP contribution in [0.25, 0.3) is 10.8 Å². The lowest BCUT2D eigenvalue weighted by Gasteiger charge is -2.13. The predicted molar refractivity (Wildman–Crippen MR) is 59.9 cm³/mol. The normalized spacial score (nSPS) is 12.8. The predicted octanol–water partition coefficient (Wildman–Crippen LogP) is 0.648. The maximum atomic E-state index is 11.0. The molecule has 2 aromatic carbocycles. The van der Waals surface area contributed by atoms with Gasteiger partial charge in [0.1, 0.15) is 20.2 Å². The molecule has 0 spiro atoms. The molecule has 0 bridgehead atoms. The number of hydrogen-bond donors (Lipinski definition) is 0. The van der Waals surface area contributed by atoms with E-state index < -0.39 is 30.0 Å². The molecule has 0 unspecified atom stereocenters. The van der Waals surface area contributed by atoms with Gasteiger partial charge in [0.05, 0.1) is 9.79 Å². The van der Waals surface area contributed by atoms with Crippen molar-refractivity contribution in [2.75, 3.05) is 0 Å². The molecule has 6 nitrogen and oxygen atoms in total. The molecule has 0 fully saturated rings. The van der Waals surface area contributed by atoms with Crippen molar-refractivity contribution in [2.45, 2.75) is 9.79 Å². The highest BCUT2D eigenvalue weighted by molar-refractivity contribution is 7.86. The van der Waals surface area contributed by atoms with Gasteiger partial charge in [-0.3, -0.25) is 0 Å². The molecule has 0 saturated heterocycles. The fraction of sp³-hybridized carbons (Fsp3) is 0. The van der Waals surface area contributed by atoms with Crippen LogP contribution >= 0.6 is 0 Å². The Kier molecular flexibility index (Phi) is 2.90. The second kappa shape index (κ2) is 4.02. The minimum Gasteiger partial charge on any atom is -0.744 e. The average Bonchev–Trinajstić information content (AvgIpc) is 2.25. The third-order valence-corrected chi connectivity index (χ3v) is 4.10. The van der Waals surface area contributed by atoms with Gasteiger partial charge in [0.15, 0.2) is 0 Å². The highest BCUT2D eigenvalue weighted by Crippen LogP contribution is 2.25. The Hall–Kier alpha value is -1.48. The monoisotopic (exact) mass is 286 g/mol. The first-order chi connectivity index (χ1) is 8.19. The van der Waals surface area contributed by atoms with Crippen molar-refractivity contribution in [3.8, 4) is 0 Å². The first-order valence-electron chi connectivity index (χ1n) is 4.64. The zero-order valence-electron chi connectivity index (χ0n) is 8.73. The first-order valence-corrected chi connectivity index (χ1v) is 7.46. The Labute approximate surface area is 103 Å². The van der Waals surface area contributed by atoms with Gasteiger partial charge in [0.25, 0.3) is 0 Å². The summed E-state index contributed by atoms with van der Waals surface area (Å²) in [5, 5.41) is 0.281. The second-order valence-corrected chi connectivity index (χ2v) is 6.28. The van der Waals surface area contributed by atoms with E-state index in [0.717, 1.165) is 18.2 Å². The van der Waals surface area contributed by atoms with Crippen LogP contribution in [0.4, 0.5) is 0 Å². The molecule has 0 atom stereocenters. The Morgan fingerprint density at radius 2 is 1.50 bits per heavy atom. The summed E-state index contributed by atoms with van der Waals surface area (Å²) in [5.74, 6) is 0. The third-order valence-electron chi connectivity index (χ3n) is 2.37. The van der Waals surface area contributed by atoms with E-state index in [4.69, 9.17) is 0 Å². The second-order valence-electron chi connectivity index (χ2n) is 3.55. The molecule has 0 heterocycles. The van der Waals surface area contributed by atoms with Crippen LogP contribution in [0.1, 0.15) is 0 Å². The molecule has 18 heavy (non-hydrogen) atoms. The van der Waals surface area contributed by atoms with Crippen molar-refractivity contribution in [3.05, 3.63) is 36.4 Å². The van der Waals surface area contributed by atoms with Crippen LogP contribution in [-0.2, 0) is 20.2 Å². The summed E-state index contributed by atoms with van der Waals surface area (Å²) in [5.41, 5.74) is 0. The van der Waals surface area contributed by atoms with Gasteiger partial charge in [-0.05, 0) is 23.6 Å². The highest BCUT2D eigenvalue weighted by atomic mass is 32.2. The summed E-state index contributed by atoms with van der Waals surface area (Å²) in [6, 6.07) is 7.15. The standard InChI is InChI=1S/C10H8O6S2/c11-17(12,13)8-5-4-7-2-1-3-10(9(7)6-8)18(14,15)16/h1-6H,(H,11,12,13)(H,14,15,16)/p-2. The largest absolute Gasteiger partial charge is 0.744 e. The number of rotatable bonds is 2. The maximum Gasteiger partial charge on any atom is 0.125 e. The van der Waals surface area contributed by atoms with Crippen molar-refractivity contribution in [1.29, 1.82) is 0 Å². The molecule has 0 N–H and O–H groups in total. The van der Waals surface area contributed by atoms with E-state index >= 15 is 0 Å². The Morgan fingerprint density at radius 3 is 2.06 bits per heavy atom. The van der Waals surface area contributed by atoms with Crippen LogP contribution in [0, 0.1) is 0 Å². The van der Waals surface area contributed by atoms with E-state index in [9.17, 15) is 25.9 Å². The highest BCUT2D eigenvalue weighted by Gasteiger charge is 2.09. The molecule has 0 saturated carbocycles. The van der Waals surface area contributed by atoms with Crippen LogP contribution in [0.5, 0.6) is 0 Å². The first kappa shape index (κ1) is 13.0. The Bertz CT molecular complexity index is 821. The zero-order valence-corrected chi connectivity index (χ0v) is 10.4. The smallest absolute Gasteiger partial charge is 0.125 e. The lowest BCUT2D eigenvalue weighted by Crippen LogP contribution is -2.02. The zero-order chi connectivity index (χ0) is 13.6. The maximum absolute atomic E-state index is 11.0. The van der Waals surface area contributed by atoms with Crippen LogP contribution in [0.2, 0.25) is 0 Å². The minimum absolute atomic E-state index is 0.0792. The van der Waals surface area contributed by atoms with Crippen molar-refractivity contribution >= 4 is 31.0 Å². The molecule has 0 aromatic heterocycles. The fourth-order valence-corrected chi connectivity index (χ4v) is 2.78. The van der Waals surface area contributed by atoms with E-state index in [2.05, 4.69) is 0 Å². The van der Waals surface area contributed by atoms with E-state index in [1.165, 1.54) is 18.2 Å². The number of fused-ring (bicyclic) bond motifs is 1. The molecular formula is C10H6O6S2-2. The Morgan fingerprint density at radius 1 is 0.833 bits per heavy atom. The quantitative estimate of drug-likeness (QED) is 0.748. The summed E-state index contributed by atoms with van der Waals surface area (Å²) < 4.78 is 65.6. The topological polar surface area (TPSA) is 114 Å². The summed E-state index contributed by atoms with van der Waals surface area (Å²) in [6.07, 6.45) is 0. The lowest BCUT2D eigenvalue weighted by atomic mass is 10.1. The molecule has 0 amide bonds. The third kappa shape index (κ3) is 2.36. The summed E-state index contributed by atoms with van der Waals surface area (Å²) >= 11 is 0. The van der Waals surface area contributed by atoms with Gasteiger partial charge < -0.3 is 9.11 Å². The molecule has 0 radical (unpaired) electrons. The fourth-order valence-electron chi connectivity index (χ4n) is 1.60. The molecule has 2 aromatic rings. The molecule has 0 aliphatic carbocycles. The van der Waals surface area contributed by atoms with Gasteiger partial charge in [-0.1, -0.05) is 18.2 Å². The van der Waals surface area contributed by atoms with Gasteiger partial charge in [0.2, 0.25) is 0 Å². The van der Waals surface area contributed by atoms with Crippen LogP contribution < -0.4 is 0 Å². The molecule has 0 aliphatic heterocycles. The van der Waals surface area contributed by atoms with Gasteiger partial charge in [-0.25, -0.2) is 16.8 Å². The van der Waals surface area contributed by atoms with Crippen LogP contribution in [0.15, 0.2) is 46.2 Å². The molecule has 0 aliphatic rings. The molecule has 2 rings (SSSR count). The van der Waals surface area contributed by atoms with Crippen LogP contribution in [0.3, 0.4) is 0 Å². The average molecular weight is 286 g/mol. The van der Waals surface area contributed by atoms with Crippen molar-refractivity contribution in [1.82, 2.24) is 0 Å². The summed E-state index contributed by atoms with van der Waals surface area (Å²) in [4.78, 5) is -1.13. The van der Waals surface area contributed by atoms with Crippen molar-refractivity contribution in [3.63, 3.8) is 0 Å². The Balaban J connectivity index is 2.91. The minimum atomic E-state index is -4.74. The summed E-state index contributed by atoms with van der Waals surface area (Å²) in [7, 11) is -9.44. The van der Waals surface area contributed by atoms with Crippen LogP contribution in [-0.4, -0.2) is 25.9 Å². The van der Waals surface area contributed by atoms with E-state index in [-0.39, 0.29) is 5.39 Å². The van der Waals surface area contributed by atoms with E-state index in [0.29, 0.717) is 5.39 Å². The lowest BCUT2D eigenvalue weighted by molar-refractivity contribution is 0.460. The van der Waals surface area contributed by atoms with Crippen molar-refractivity contribution < 1.29 is 25.9 Å². The van der Waals surface area contributed by atoms with Gasteiger partial charge in [-0.15, -0.1) is 0 Å². The van der Waals surface area contributed by atoms with Gasteiger partial charge >= 0.3 is 0 Å². The number of hydrogen-bond acceptors (Lipinski definition) is 6. The molecular weight excluding hydrogens is 280 g/mol. The summed E-state index contributed by atoms with van der Waals surface area (Å²) in [6.45, 7) is 0. The molecule has 96 valence electrons. The van der Waals surface area contributed by atoms with E-state index in [1.807, 2.05) is 0 Å². The van der Waals surface area contributed by atoms with Crippen molar-refractivity contribution in [2.24, 2.45) is 0 Å². The van der Waals surface area contributed by atoms with Gasteiger partial charge in [0, 0.05) is 5.39 Å². The van der Waals surface area contributed by atoms with Gasteiger partial charge in [-0.2, -0.15) is 0 Å².